The van der Waals surface area contributed by atoms with Gasteiger partial charge in [0.2, 0.25) is 0 Å². The maximum Gasteiger partial charge on any atom is 0.273 e. The van der Waals surface area contributed by atoms with Gasteiger partial charge in [-0.05, 0) is 24.5 Å². The number of nitrogens with two attached hydrogens (primary N) is 1. The second kappa shape index (κ2) is 4.94. The lowest BCUT2D eigenvalue weighted by Gasteiger charge is -2.25. The Bertz CT molecular complexity index is 439. The zero-order valence-corrected chi connectivity index (χ0v) is 11.6. The summed E-state index contributed by atoms with van der Waals surface area (Å²) in [6, 6.07) is 3.69. The summed E-state index contributed by atoms with van der Waals surface area (Å²) in [5, 5.41) is 0. The number of aromatic nitrogens is 1. The molecular formula is C14H24N2O. The molecular weight excluding hydrogens is 212 g/mol. The standard InChI is InChI=1S/C14H24N2O/c1-10(2)8-9-16-12(14(3,4)5)7-6-11(15)13(16)17/h6-7,10H,8-9,15H2,1-5H3. The Kier molecular flexibility index (Phi) is 4.02. The Morgan fingerprint density at radius 2 is 1.88 bits per heavy atom. The van der Waals surface area contributed by atoms with Gasteiger partial charge in [-0.2, -0.15) is 0 Å². The minimum Gasteiger partial charge on any atom is -0.394 e. The van der Waals surface area contributed by atoms with Gasteiger partial charge in [0.1, 0.15) is 0 Å². The van der Waals surface area contributed by atoms with Gasteiger partial charge >= 0.3 is 0 Å². The number of nitrogens with zero attached hydrogens (tertiary/aromatic N) is 1. The maximum atomic E-state index is 12.1. The Labute approximate surface area is 104 Å². The van der Waals surface area contributed by atoms with Gasteiger partial charge in [0, 0.05) is 17.7 Å². The van der Waals surface area contributed by atoms with Crippen LogP contribution in [0, 0.1) is 5.92 Å². The van der Waals surface area contributed by atoms with E-state index in [1.54, 1.807) is 6.07 Å². The molecule has 0 fully saturated rings. The van der Waals surface area contributed by atoms with E-state index in [1.165, 1.54) is 0 Å². The Morgan fingerprint density at radius 3 is 2.35 bits per heavy atom. The Hall–Kier alpha value is -1.25. The van der Waals surface area contributed by atoms with Crippen molar-refractivity contribution in [1.82, 2.24) is 4.57 Å². The third-order valence-corrected chi connectivity index (χ3v) is 2.90. The van der Waals surface area contributed by atoms with Crippen LogP contribution < -0.4 is 11.3 Å². The molecule has 1 aromatic rings. The number of pyridine rings is 1. The van der Waals surface area contributed by atoms with Crippen LogP contribution in [0.1, 0.15) is 46.7 Å². The van der Waals surface area contributed by atoms with Crippen molar-refractivity contribution in [2.45, 2.75) is 53.0 Å². The van der Waals surface area contributed by atoms with Crippen molar-refractivity contribution in [2.24, 2.45) is 5.92 Å². The SMILES string of the molecule is CC(C)CCn1c(C(C)(C)C)ccc(N)c1=O. The molecule has 3 heteroatoms. The average Bonchev–Trinajstić information content (AvgIpc) is 2.18. The number of hydrogen-bond donors (Lipinski definition) is 1. The zero-order valence-electron chi connectivity index (χ0n) is 11.6. The van der Waals surface area contributed by atoms with Crippen molar-refractivity contribution in [1.29, 1.82) is 0 Å². The lowest BCUT2D eigenvalue weighted by molar-refractivity contribution is 0.456. The molecule has 0 saturated carbocycles. The molecule has 96 valence electrons. The monoisotopic (exact) mass is 236 g/mol. The van der Waals surface area contributed by atoms with E-state index in [-0.39, 0.29) is 11.0 Å². The van der Waals surface area contributed by atoms with E-state index in [2.05, 4.69) is 34.6 Å². The molecule has 0 aliphatic carbocycles. The van der Waals surface area contributed by atoms with Gasteiger partial charge in [-0.3, -0.25) is 4.79 Å². The van der Waals surface area contributed by atoms with Crippen molar-refractivity contribution >= 4 is 5.69 Å². The van der Waals surface area contributed by atoms with Crippen LogP contribution >= 0.6 is 0 Å². The molecule has 0 aliphatic rings. The molecule has 0 aliphatic heterocycles. The lowest BCUT2D eigenvalue weighted by atomic mass is 9.91. The molecule has 1 aromatic heterocycles. The minimum absolute atomic E-state index is 0.0379. The highest BCUT2D eigenvalue weighted by molar-refractivity contribution is 5.37. The number of rotatable bonds is 3. The van der Waals surface area contributed by atoms with Gasteiger partial charge in [0.25, 0.3) is 5.56 Å². The van der Waals surface area contributed by atoms with Crippen LogP contribution in [0.2, 0.25) is 0 Å². The van der Waals surface area contributed by atoms with E-state index in [9.17, 15) is 4.79 Å². The summed E-state index contributed by atoms with van der Waals surface area (Å²) in [6.07, 6.45) is 0.992. The molecule has 0 saturated heterocycles. The van der Waals surface area contributed by atoms with Gasteiger partial charge < -0.3 is 10.3 Å². The van der Waals surface area contributed by atoms with Crippen molar-refractivity contribution in [2.75, 3.05) is 5.73 Å². The number of hydrogen-bond acceptors (Lipinski definition) is 2. The maximum absolute atomic E-state index is 12.1. The van der Waals surface area contributed by atoms with E-state index in [0.29, 0.717) is 11.6 Å². The van der Waals surface area contributed by atoms with Crippen LogP contribution in [0.3, 0.4) is 0 Å². The van der Waals surface area contributed by atoms with Gasteiger partial charge in [-0.1, -0.05) is 34.6 Å². The largest absolute Gasteiger partial charge is 0.394 e. The quantitative estimate of drug-likeness (QED) is 0.877. The summed E-state index contributed by atoms with van der Waals surface area (Å²) in [5.74, 6) is 0.580. The summed E-state index contributed by atoms with van der Waals surface area (Å²) in [5.41, 5.74) is 7.00. The molecule has 17 heavy (non-hydrogen) atoms. The number of anilines is 1. The van der Waals surface area contributed by atoms with Crippen molar-refractivity contribution < 1.29 is 0 Å². The predicted molar refractivity (Wildman–Crippen MR) is 73.3 cm³/mol. The fourth-order valence-electron chi connectivity index (χ4n) is 1.86. The van der Waals surface area contributed by atoms with Crippen molar-refractivity contribution in [3.63, 3.8) is 0 Å². The van der Waals surface area contributed by atoms with Crippen molar-refractivity contribution in [3.05, 3.63) is 28.2 Å². The molecule has 0 aromatic carbocycles. The molecule has 2 N–H and O–H groups in total. The zero-order chi connectivity index (χ0) is 13.2. The molecule has 3 nitrogen and oxygen atoms in total. The van der Waals surface area contributed by atoms with Gasteiger partial charge in [-0.15, -0.1) is 0 Å². The molecule has 1 heterocycles. The van der Waals surface area contributed by atoms with Crippen LogP contribution in [0.25, 0.3) is 0 Å². The average molecular weight is 236 g/mol. The lowest BCUT2D eigenvalue weighted by Crippen LogP contribution is -2.31. The van der Waals surface area contributed by atoms with Crippen molar-refractivity contribution in [3.8, 4) is 0 Å². The highest BCUT2D eigenvalue weighted by atomic mass is 16.1. The first-order chi connectivity index (χ1) is 7.73. The second-order valence-corrected chi connectivity index (χ2v) is 6.06. The molecule has 0 unspecified atom stereocenters. The van der Waals surface area contributed by atoms with E-state index >= 15 is 0 Å². The third kappa shape index (κ3) is 3.35. The van der Waals surface area contributed by atoms with Gasteiger partial charge in [0.15, 0.2) is 0 Å². The minimum atomic E-state index is -0.0573. The second-order valence-electron chi connectivity index (χ2n) is 6.06. The summed E-state index contributed by atoms with van der Waals surface area (Å²) >= 11 is 0. The summed E-state index contributed by atoms with van der Waals surface area (Å²) < 4.78 is 1.83. The molecule has 0 spiro atoms. The summed E-state index contributed by atoms with van der Waals surface area (Å²) in [4.78, 5) is 12.1. The molecule has 0 radical (unpaired) electrons. The van der Waals surface area contributed by atoms with Crippen LogP contribution in [0.15, 0.2) is 16.9 Å². The molecule has 0 amide bonds. The topological polar surface area (TPSA) is 48.0 Å². The molecule has 1 rings (SSSR count). The Morgan fingerprint density at radius 1 is 1.29 bits per heavy atom. The van der Waals surface area contributed by atoms with Crippen LogP contribution in [-0.4, -0.2) is 4.57 Å². The highest BCUT2D eigenvalue weighted by Crippen LogP contribution is 2.22. The highest BCUT2D eigenvalue weighted by Gasteiger charge is 2.19. The molecule has 0 bridgehead atoms. The summed E-state index contributed by atoms with van der Waals surface area (Å²) in [7, 11) is 0. The smallest absolute Gasteiger partial charge is 0.273 e. The molecule has 0 atom stereocenters. The first kappa shape index (κ1) is 13.8. The van der Waals surface area contributed by atoms with E-state index in [1.807, 2.05) is 10.6 Å². The predicted octanol–water partition coefficient (Wildman–Crippen LogP) is 2.77. The van der Waals surface area contributed by atoms with Gasteiger partial charge in [-0.25, -0.2) is 0 Å². The fraction of sp³-hybridized carbons (Fsp3) is 0.643. The van der Waals surface area contributed by atoms with E-state index in [4.69, 9.17) is 5.73 Å². The third-order valence-electron chi connectivity index (χ3n) is 2.90. The van der Waals surface area contributed by atoms with Gasteiger partial charge in [0.05, 0.1) is 5.69 Å². The first-order valence-corrected chi connectivity index (χ1v) is 6.23. The van der Waals surface area contributed by atoms with Crippen LogP contribution in [0.5, 0.6) is 0 Å². The van der Waals surface area contributed by atoms with E-state index < -0.39 is 0 Å². The van der Waals surface area contributed by atoms with Crippen LogP contribution in [0.4, 0.5) is 5.69 Å². The first-order valence-electron chi connectivity index (χ1n) is 6.23. The van der Waals surface area contributed by atoms with Crippen LogP contribution in [-0.2, 0) is 12.0 Å². The van der Waals surface area contributed by atoms with E-state index in [0.717, 1.165) is 18.7 Å². The summed E-state index contributed by atoms with van der Waals surface area (Å²) in [6.45, 7) is 11.4. The normalized spacial score (nSPS) is 12.1. The fourth-order valence-corrected chi connectivity index (χ4v) is 1.86. The Balaban J connectivity index is 3.23. The number of nitrogen functional groups attached to an aromatic ring is 1.